The van der Waals surface area contributed by atoms with Crippen LogP contribution in [0.4, 0.5) is 5.00 Å². The van der Waals surface area contributed by atoms with Crippen LogP contribution in [-0.2, 0) is 12.8 Å². The highest BCUT2D eigenvalue weighted by Gasteiger charge is 2.25. The maximum absolute atomic E-state index is 12.9. The van der Waals surface area contributed by atoms with Crippen molar-refractivity contribution in [3.8, 4) is 6.07 Å². The molecule has 0 saturated carbocycles. The van der Waals surface area contributed by atoms with E-state index in [1.54, 1.807) is 11.3 Å². The number of carbonyl (C=O) groups excluding carboxylic acids is 1. The fourth-order valence-electron chi connectivity index (χ4n) is 3.55. The van der Waals surface area contributed by atoms with Crippen LogP contribution in [0.25, 0.3) is 10.8 Å². The molecule has 0 radical (unpaired) electrons. The first-order valence-corrected chi connectivity index (χ1v) is 9.32. The van der Waals surface area contributed by atoms with Crippen LogP contribution in [0.5, 0.6) is 0 Å². The van der Waals surface area contributed by atoms with Crippen molar-refractivity contribution < 1.29 is 4.79 Å². The van der Waals surface area contributed by atoms with Gasteiger partial charge in [0.15, 0.2) is 0 Å². The molecule has 25 heavy (non-hydrogen) atoms. The zero-order chi connectivity index (χ0) is 17.4. The summed E-state index contributed by atoms with van der Waals surface area (Å²) in [5.74, 6) is 0.485. The number of nitrogens with one attached hydrogen (secondary N) is 1. The number of benzene rings is 2. The third kappa shape index (κ3) is 2.81. The molecule has 1 aliphatic carbocycles. The standard InChI is InChI=1S/C21H18N2OS/c1-13-9-10-16-18(12-22)21(25-19(16)11-13)23-20(24)17-8-4-6-14-5-2-3-7-15(14)17/h2-8,13H,9-11H2,1H3,(H,23,24)/t13-/m0/s1. The first kappa shape index (κ1) is 15.9. The van der Waals surface area contributed by atoms with E-state index in [0.29, 0.717) is 22.0 Å². The van der Waals surface area contributed by atoms with Gasteiger partial charge in [-0.3, -0.25) is 4.79 Å². The van der Waals surface area contributed by atoms with Gasteiger partial charge in [-0.15, -0.1) is 11.3 Å². The summed E-state index contributed by atoms with van der Waals surface area (Å²) in [7, 11) is 0. The van der Waals surface area contributed by atoms with Crippen LogP contribution in [0.2, 0.25) is 0 Å². The van der Waals surface area contributed by atoms with Gasteiger partial charge in [-0.2, -0.15) is 5.26 Å². The van der Waals surface area contributed by atoms with E-state index in [2.05, 4.69) is 18.3 Å². The summed E-state index contributed by atoms with van der Waals surface area (Å²) in [5.41, 5.74) is 2.43. The molecular formula is C21H18N2OS. The average Bonchev–Trinajstić information content (AvgIpc) is 2.97. The second-order valence-corrected chi connectivity index (χ2v) is 7.75. The summed E-state index contributed by atoms with van der Waals surface area (Å²) in [4.78, 5) is 14.1. The summed E-state index contributed by atoms with van der Waals surface area (Å²) in [6.45, 7) is 2.24. The maximum atomic E-state index is 12.9. The van der Waals surface area contributed by atoms with Gasteiger partial charge in [-0.05, 0) is 47.6 Å². The number of fused-ring (bicyclic) bond motifs is 2. The normalized spacial score (nSPS) is 16.2. The maximum Gasteiger partial charge on any atom is 0.256 e. The summed E-state index contributed by atoms with van der Waals surface area (Å²) in [6, 6.07) is 15.9. The molecule has 3 aromatic rings. The predicted octanol–water partition coefficient (Wildman–Crippen LogP) is 5.15. The molecule has 2 aromatic carbocycles. The molecule has 1 atom stereocenters. The van der Waals surface area contributed by atoms with Crippen LogP contribution in [0.15, 0.2) is 42.5 Å². The quantitative estimate of drug-likeness (QED) is 0.697. The van der Waals surface area contributed by atoms with Gasteiger partial charge in [0.25, 0.3) is 5.91 Å². The Kier molecular flexibility index (Phi) is 4.03. The second kappa shape index (κ2) is 6.34. The Balaban J connectivity index is 1.71. The van der Waals surface area contributed by atoms with Gasteiger partial charge < -0.3 is 5.32 Å². The Hall–Kier alpha value is -2.64. The minimum atomic E-state index is -0.153. The highest BCUT2D eigenvalue weighted by molar-refractivity contribution is 7.16. The lowest BCUT2D eigenvalue weighted by atomic mass is 9.88. The summed E-state index contributed by atoms with van der Waals surface area (Å²) in [6.07, 6.45) is 3.04. The number of anilines is 1. The molecule has 0 saturated heterocycles. The topological polar surface area (TPSA) is 52.9 Å². The molecule has 0 bridgehead atoms. The molecule has 1 heterocycles. The Morgan fingerprint density at radius 1 is 1.24 bits per heavy atom. The fraction of sp³-hybridized carbons (Fsp3) is 0.238. The van der Waals surface area contributed by atoms with E-state index in [-0.39, 0.29) is 5.91 Å². The van der Waals surface area contributed by atoms with E-state index in [0.717, 1.165) is 35.6 Å². The molecule has 4 heteroatoms. The van der Waals surface area contributed by atoms with Crippen LogP contribution in [0.1, 0.15) is 39.7 Å². The Bertz CT molecular complexity index is 1010. The van der Waals surface area contributed by atoms with E-state index in [4.69, 9.17) is 0 Å². The smallest absolute Gasteiger partial charge is 0.256 e. The molecule has 3 nitrogen and oxygen atoms in total. The highest BCUT2D eigenvalue weighted by atomic mass is 32.1. The number of thiophene rings is 1. The molecule has 124 valence electrons. The zero-order valence-electron chi connectivity index (χ0n) is 14.0. The van der Waals surface area contributed by atoms with Crippen LogP contribution >= 0.6 is 11.3 Å². The van der Waals surface area contributed by atoms with Crippen molar-refractivity contribution in [1.82, 2.24) is 0 Å². The summed E-state index contributed by atoms with van der Waals surface area (Å²) >= 11 is 1.56. The first-order valence-electron chi connectivity index (χ1n) is 8.51. The average molecular weight is 346 g/mol. The van der Waals surface area contributed by atoms with E-state index >= 15 is 0 Å². The Morgan fingerprint density at radius 2 is 2.04 bits per heavy atom. The number of amides is 1. The largest absolute Gasteiger partial charge is 0.312 e. The second-order valence-electron chi connectivity index (χ2n) is 6.65. The van der Waals surface area contributed by atoms with Crippen molar-refractivity contribution in [1.29, 1.82) is 5.26 Å². The molecule has 0 unspecified atom stereocenters. The Labute approximate surface area is 150 Å². The van der Waals surface area contributed by atoms with Gasteiger partial charge in [-0.25, -0.2) is 0 Å². The molecule has 1 aromatic heterocycles. The number of hydrogen-bond acceptors (Lipinski definition) is 3. The monoisotopic (exact) mass is 346 g/mol. The Morgan fingerprint density at radius 3 is 2.88 bits per heavy atom. The number of hydrogen-bond donors (Lipinski definition) is 1. The number of nitrogens with zero attached hydrogens (tertiary/aromatic N) is 1. The minimum Gasteiger partial charge on any atom is -0.312 e. The molecule has 1 aliphatic rings. The van der Waals surface area contributed by atoms with Crippen molar-refractivity contribution in [3.05, 3.63) is 64.0 Å². The number of carbonyl (C=O) groups is 1. The predicted molar refractivity (Wildman–Crippen MR) is 102 cm³/mol. The molecule has 1 N–H and O–H groups in total. The number of rotatable bonds is 2. The zero-order valence-corrected chi connectivity index (χ0v) is 14.8. The van der Waals surface area contributed by atoms with Gasteiger partial charge in [0.05, 0.1) is 5.56 Å². The van der Waals surface area contributed by atoms with Crippen LogP contribution in [-0.4, -0.2) is 5.91 Å². The van der Waals surface area contributed by atoms with Gasteiger partial charge in [0.2, 0.25) is 0 Å². The molecule has 0 fully saturated rings. The number of nitriles is 1. The van der Waals surface area contributed by atoms with Crippen LogP contribution < -0.4 is 5.32 Å². The van der Waals surface area contributed by atoms with Gasteiger partial charge >= 0.3 is 0 Å². The van der Waals surface area contributed by atoms with Crippen LogP contribution in [0, 0.1) is 17.2 Å². The molecular weight excluding hydrogens is 328 g/mol. The fourth-order valence-corrected chi connectivity index (χ4v) is 4.91. The van der Waals surface area contributed by atoms with Crippen molar-refractivity contribution in [3.63, 3.8) is 0 Å². The lowest BCUT2D eigenvalue weighted by Gasteiger charge is -2.17. The third-order valence-electron chi connectivity index (χ3n) is 4.88. The van der Waals surface area contributed by atoms with E-state index < -0.39 is 0 Å². The minimum absolute atomic E-state index is 0.153. The van der Waals surface area contributed by atoms with E-state index in [9.17, 15) is 10.1 Å². The summed E-state index contributed by atoms with van der Waals surface area (Å²) in [5, 5.41) is 15.2. The molecule has 1 amide bonds. The third-order valence-corrected chi connectivity index (χ3v) is 6.05. The van der Waals surface area contributed by atoms with Crippen molar-refractivity contribution in [2.75, 3.05) is 5.32 Å². The van der Waals surface area contributed by atoms with Gasteiger partial charge in [0, 0.05) is 10.4 Å². The molecule has 0 aliphatic heterocycles. The van der Waals surface area contributed by atoms with E-state index in [1.165, 1.54) is 4.88 Å². The highest BCUT2D eigenvalue weighted by Crippen LogP contribution is 2.39. The van der Waals surface area contributed by atoms with Crippen LogP contribution in [0.3, 0.4) is 0 Å². The lowest BCUT2D eigenvalue weighted by molar-refractivity contribution is 0.102. The molecule has 0 spiro atoms. The SMILES string of the molecule is C[C@H]1CCc2c(sc(NC(=O)c3cccc4ccccc34)c2C#N)C1. The van der Waals surface area contributed by atoms with Gasteiger partial charge in [-0.1, -0.05) is 43.3 Å². The van der Waals surface area contributed by atoms with Crippen molar-refractivity contribution in [2.45, 2.75) is 26.2 Å². The lowest BCUT2D eigenvalue weighted by Crippen LogP contribution is -2.12. The summed E-state index contributed by atoms with van der Waals surface area (Å²) < 4.78 is 0. The van der Waals surface area contributed by atoms with Crippen molar-refractivity contribution in [2.24, 2.45) is 5.92 Å². The van der Waals surface area contributed by atoms with Gasteiger partial charge in [0.1, 0.15) is 11.1 Å². The first-order chi connectivity index (χ1) is 12.2. The molecule has 4 rings (SSSR count). The van der Waals surface area contributed by atoms with Crippen molar-refractivity contribution >= 4 is 33.0 Å². The van der Waals surface area contributed by atoms with E-state index in [1.807, 2.05) is 42.5 Å².